The van der Waals surface area contributed by atoms with Crippen LogP contribution in [0, 0.1) is 12.3 Å². The van der Waals surface area contributed by atoms with E-state index in [1.54, 1.807) is 6.92 Å². The van der Waals surface area contributed by atoms with Gasteiger partial charge in [-0.1, -0.05) is 18.1 Å². The molecule has 1 aromatic rings. The molecule has 1 aromatic carbocycles. The molecular weight excluding hydrogens is 303 g/mol. The van der Waals surface area contributed by atoms with Crippen LogP contribution in [0.5, 0.6) is 0 Å². The molecular formula is C19H25BO4. The van der Waals surface area contributed by atoms with Gasteiger partial charge in [-0.05, 0) is 52.3 Å². The summed E-state index contributed by atoms with van der Waals surface area (Å²) in [5, 5.41) is 0. The monoisotopic (exact) mass is 328 g/mol. The first kappa shape index (κ1) is 18.6. The van der Waals surface area contributed by atoms with Crippen LogP contribution in [0.4, 0.5) is 0 Å². The average Bonchev–Trinajstić information content (AvgIpc) is 2.73. The van der Waals surface area contributed by atoms with E-state index in [2.05, 4.69) is 5.92 Å². The van der Waals surface area contributed by atoms with Crippen molar-refractivity contribution < 1.29 is 18.8 Å². The SMILES string of the molecule is C#Cc1ccc(C(CC(=O)OCC)B2OC(C)(C)C(C)(C)O2)cc1. The van der Waals surface area contributed by atoms with E-state index in [4.69, 9.17) is 20.5 Å². The third-order valence-electron chi connectivity index (χ3n) is 4.80. The summed E-state index contributed by atoms with van der Waals surface area (Å²) >= 11 is 0. The molecule has 0 N–H and O–H groups in total. The summed E-state index contributed by atoms with van der Waals surface area (Å²) in [5.74, 6) is 2.08. The lowest BCUT2D eigenvalue weighted by Crippen LogP contribution is -2.41. The molecule has 0 saturated carbocycles. The van der Waals surface area contributed by atoms with E-state index in [1.807, 2.05) is 52.0 Å². The molecule has 24 heavy (non-hydrogen) atoms. The molecule has 5 heteroatoms. The second kappa shape index (κ2) is 7.00. The zero-order chi connectivity index (χ0) is 18.0. The molecule has 1 aliphatic rings. The second-order valence-electron chi connectivity index (χ2n) is 7.01. The van der Waals surface area contributed by atoms with Crippen molar-refractivity contribution in [2.45, 2.75) is 58.1 Å². The maximum absolute atomic E-state index is 12.1. The highest BCUT2D eigenvalue weighted by atomic mass is 16.7. The quantitative estimate of drug-likeness (QED) is 0.472. The van der Waals surface area contributed by atoms with Crippen molar-refractivity contribution in [1.82, 2.24) is 0 Å². The van der Waals surface area contributed by atoms with E-state index in [0.717, 1.165) is 11.1 Å². The summed E-state index contributed by atoms with van der Waals surface area (Å²) in [5.41, 5.74) is 0.829. The smallest absolute Gasteiger partial charge is 0.466 e. The first-order chi connectivity index (χ1) is 11.2. The third kappa shape index (κ3) is 3.83. The summed E-state index contributed by atoms with van der Waals surface area (Å²) in [7, 11) is -0.518. The molecule has 1 unspecified atom stereocenters. The number of carbonyl (C=O) groups is 1. The Balaban J connectivity index is 2.29. The molecule has 0 aliphatic carbocycles. The van der Waals surface area contributed by atoms with E-state index >= 15 is 0 Å². The molecule has 0 aromatic heterocycles. The molecule has 1 saturated heterocycles. The topological polar surface area (TPSA) is 44.8 Å². The predicted molar refractivity (Wildman–Crippen MR) is 94.5 cm³/mol. The molecule has 2 rings (SSSR count). The number of esters is 1. The summed E-state index contributed by atoms with van der Waals surface area (Å²) in [6.45, 7) is 10.1. The van der Waals surface area contributed by atoms with Crippen LogP contribution in [-0.4, -0.2) is 30.9 Å². The van der Waals surface area contributed by atoms with Crippen LogP contribution in [0.1, 0.15) is 58.0 Å². The fourth-order valence-electron chi connectivity index (χ4n) is 2.65. The highest BCUT2D eigenvalue weighted by Crippen LogP contribution is 2.41. The summed E-state index contributed by atoms with van der Waals surface area (Å²) in [4.78, 5) is 12.1. The lowest BCUT2D eigenvalue weighted by molar-refractivity contribution is -0.143. The molecule has 1 fully saturated rings. The molecule has 0 radical (unpaired) electrons. The van der Waals surface area contributed by atoms with Gasteiger partial charge >= 0.3 is 13.1 Å². The van der Waals surface area contributed by atoms with Crippen molar-refractivity contribution in [3.05, 3.63) is 35.4 Å². The van der Waals surface area contributed by atoms with Crippen LogP contribution in [0.2, 0.25) is 0 Å². The Hall–Kier alpha value is -1.77. The molecule has 1 heterocycles. The molecule has 0 amide bonds. The number of hydrogen-bond donors (Lipinski definition) is 0. The van der Waals surface area contributed by atoms with Crippen molar-refractivity contribution >= 4 is 13.1 Å². The van der Waals surface area contributed by atoms with Gasteiger partial charge in [0, 0.05) is 11.4 Å². The third-order valence-corrected chi connectivity index (χ3v) is 4.80. The minimum Gasteiger partial charge on any atom is -0.466 e. The van der Waals surface area contributed by atoms with Crippen LogP contribution in [-0.2, 0) is 18.8 Å². The van der Waals surface area contributed by atoms with Crippen LogP contribution < -0.4 is 0 Å². The Labute approximate surface area is 145 Å². The van der Waals surface area contributed by atoms with Crippen LogP contribution in [0.15, 0.2) is 24.3 Å². The fraction of sp³-hybridized carbons (Fsp3) is 0.526. The number of terminal acetylenes is 1. The average molecular weight is 328 g/mol. The Morgan fingerprint density at radius 1 is 1.21 bits per heavy atom. The maximum Gasteiger partial charge on any atom is 0.466 e. The van der Waals surface area contributed by atoms with Gasteiger partial charge in [-0.2, -0.15) is 0 Å². The maximum atomic E-state index is 12.1. The van der Waals surface area contributed by atoms with Crippen molar-refractivity contribution in [2.75, 3.05) is 6.61 Å². The molecule has 4 nitrogen and oxygen atoms in total. The lowest BCUT2D eigenvalue weighted by atomic mass is 9.66. The first-order valence-electron chi connectivity index (χ1n) is 8.28. The van der Waals surface area contributed by atoms with Crippen molar-refractivity contribution in [2.24, 2.45) is 0 Å². The second-order valence-corrected chi connectivity index (χ2v) is 7.01. The Morgan fingerprint density at radius 2 is 1.75 bits per heavy atom. The van der Waals surface area contributed by atoms with Gasteiger partial charge in [0.15, 0.2) is 0 Å². The van der Waals surface area contributed by atoms with Gasteiger partial charge in [0.2, 0.25) is 0 Å². The standard InChI is InChI=1S/C19H25BO4/c1-7-14-9-11-15(12-10-14)16(13-17(21)22-8-2)20-23-18(3,4)19(5,6)24-20/h1,9-12,16H,8,13H2,2-6H3. The fourth-order valence-corrected chi connectivity index (χ4v) is 2.65. The van der Waals surface area contributed by atoms with Crippen molar-refractivity contribution in [3.8, 4) is 12.3 Å². The predicted octanol–water partition coefficient (Wildman–Crippen LogP) is 3.34. The van der Waals surface area contributed by atoms with E-state index in [9.17, 15) is 4.79 Å². The van der Waals surface area contributed by atoms with Crippen molar-refractivity contribution in [3.63, 3.8) is 0 Å². The summed E-state index contributed by atoms with van der Waals surface area (Å²) in [6.07, 6.45) is 5.61. The Kier molecular flexibility index (Phi) is 5.42. The van der Waals surface area contributed by atoms with Gasteiger partial charge in [0.05, 0.1) is 24.2 Å². The highest BCUT2D eigenvalue weighted by molar-refractivity contribution is 6.48. The van der Waals surface area contributed by atoms with Crippen LogP contribution in [0.25, 0.3) is 0 Å². The number of ether oxygens (including phenoxy) is 1. The number of hydrogen-bond acceptors (Lipinski definition) is 4. The van der Waals surface area contributed by atoms with Crippen molar-refractivity contribution in [1.29, 1.82) is 0 Å². The van der Waals surface area contributed by atoms with Crippen LogP contribution in [0.3, 0.4) is 0 Å². The molecule has 128 valence electrons. The van der Waals surface area contributed by atoms with E-state index in [-0.39, 0.29) is 18.2 Å². The normalized spacial score (nSPS) is 19.6. The molecule has 0 bridgehead atoms. The minimum atomic E-state index is -0.518. The first-order valence-corrected chi connectivity index (χ1v) is 8.28. The zero-order valence-electron chi connectivity index (χ0n) is 15.1. The van der Waals surface area contributed by atoms with Gasteiger partial charge in [-0.3, -0.25) is 4.79 Å². The summed E-state index contributed by atoms with van der Waals surface area (Å²) in [6, 6.07) is 7.56. The van der Waals surface area contributed by atoms with Gasteiger partial charge in [-0.25, -0.2) is 0 Å². The number of carbonyl (C=O) groups excluding carboxylic acids is 1. The van der Waals surface area contributed by atoms with E-state index < -0.39 is 18.3 Å². The lowest BCUT2D eigenvalue weighted by Gasteiger charge is -2.32. The zero-order valence-corrected chi connectivity index (χ0v) is 15.1. The van der Waals surface area contributed by atoms with Crippen LogP contribution >= 0.6 is 0 Å². The van der Waals surface area contributed by atoms with Gasteiger partial charge in [0.1, 0.15) is 0 Å². The number of rotatable bonds is 5. The van der Waals surface area contributed by atoms with Gasteiger partial charge in [0.25, 0.3) is 0 Å². The Morgan fingerprint density at radius 3 is 2.21 bits per heavy atom. The van der Waals surface area contributed by atoms with E-state index in [0.29, 0.717) is 6.61 Å². The van der Waals surface area contributed by atoms with Gasteiger partial charge in [-0.15, -0.1) is 6.42 Å². The number of benzene rings is 1. The van der Waals surface area contributed by atoms with Gasteiger partial charge < -0.3 is 14.0 Å². The summed E-state index contributed by atoms with van der Waals surface area (Å²) < 4.78 is 17.4. The van der Waals surface area contributed by atoms with E-state index in [1.165, 1.54) is 0 Å². The molecule has 1 aliphatic heterocycles. The molecule has 0 spiro atoms. The largest absolute Gasteiger partial charge is 0.466 e. The molecule has 1 atom stereocenters. The minimum absolute atomic E-state index is 0.195. The Bertz CT molecular complexity index is 612. The highest BCUT2D eigenvalue weighted by Gasteiger charge is 2.54.